The third-order valence-electron chi connectivity index (χ3n) is 4.02. The quantitative estimate of drug-likeness (QED) is 0.672. The number of nitrogens with one attached hydrogen (secondary N) is 1. The molecule has 1 atom stereocenters. The number of thiazole rings is 1. The highest BCUT2D eigenvalue weighted by atomic mass is 35.5. The zero-order chi connectivity index (χ0) is 18.7. The molecule has 1 heterocycles. The van der Waals surface area contributed by atoms with E-state index in [9.17, 15) is 9.59 Å². The Morgan fingerprint density at radius 2 is 2.04 bits per heavy atom. The van der Waals surface area contributed by atoms with Crippen molar-refractivity contribution in [2.75, 3.05) is 5.32 Å². The van der Waals surface area contributed by atoms with Gasteiger partial charge in [-0.05, 0) is 43.7 Å². The van der Waals surface area contributed by atoms with Crippen LogP contribution >= 0.6 is 22.9 Å². The first-order valence-corrected chi connectivity index (χ1v) is 9.58. The third-order valence-corrected chi connectivity index (χ3v) is 5.28. The Labute approximate surface area is 160 Å². The van der Waals surface area contributed by atoms with Crippen LogP contribution in [0.15, 0.2) is 47.3 Å². The van der Waals surface area contributed by atoms with Crippen LogP contribution in [0, 0.1) is 0 Å². The molecule has 7 heteroatoms. The summed E-state index contributed by atoms with van der Waals surface area (Å²) >= 11 is 7.27. The average Bonchev–Trinajstić information content (AvgIpc) is 2.95. The zero-order valence-corrected chi connectivity index (χ0v) is 16.1. The molecule has 0 aliphatic carbocycles. The van der Waals surface area contributed by atoms with E-state index in [1.165, 1.54) is 11.3 Å². The molecule has 0 aliphatic rings. The third kappa shape index (κ3) is 3.76. The molecule has 0 saturated heterocycles. The van der Waals surface area contributed by atoms with E-state index in [2.05, 4.69) is 5.32 Å². The molecule has 0 radical (unpaired) electrons. The number of nitrogens with zero attached hydrogens (tertiary/aromatic N) is 1. The minimum Gasteiger partial charge on any atom is -0.479 e. The highest BCUT2D eigenvalue weighted by Crippen LogP contribution is 2.26. The lowest BCUT2D eigenvalue weighted by Gasteiger charge is -2.18. The summed E-state index contributed by atoms with van der Waals surface area (Å²) in [6, 6.07) is 12.5. The summed E-state index contributed by atoms with van der Waals surface area (Å²) in [5.74, 6) is 0.221. The molecule has 3 aromatic rings. The lowest BCUT2D eigenvalue weighted by atomic mass is 10.2. The van der Waals surface area contributed by atoms with Gasteiger partial charge in [0.25, 0.3) is 5.91 Å². The number of aryl methyl sites for hydroxylation is 1. The average molecular weight is 391 g/mol. The number of benzene rings is 2. The summed E-state index contributed by atoms with van der Waals surface area (Å²) in [5, 5.41) is 3.32. The predicted octanol–water partition coefficient (Wildman–Crippen LogP) is 4.53. The van der Waals surface area contributed by atoms with Crippen molar-refractivity contribution in [3.05, 3.63) is 57.2 Å². The Hall–Kier alpha value is -2.31. The molecule has 3 rings (SSSR count). The zero-order valence-electron chi connectivity index (χ0n) is 14.5. The van der Waals surface area contributed by atoms with Crippen molar-refractivity contribution in [1.82, 2.24) is 4.57 Å². The van der Waals surface area contributed by atoms with E-state index in [-0.39, 0.29) is 10.8 Å². The van der Waals surface area contributed by atoms with Crippen LogP contribution in [0.25, 0.3) is 10.2 Å². The van der Waals surface area contributed by atoms with Crippen LogP contribution in [0.2, 0.25) is 5.02 Å². The second kappa shape index (κ2) is 7.93. The lowest BCUT2D eigenvalue weighted by molar-refractivity contribution is -0.122. The van der Waals surface area contributed by atoms with Crippen LogP contribution in [0.4, 0.5) is 5.69 Å². The number of hydrogen-bond acceptors (Lipinski definition) is 4. The number of fused-ring (bicyclic) bond motifs is 1. The van der Waals surface area contributed by atoms with Crippen molar-refractivity contribution < 1.29 is 9.53 Å². The van der Waals surface area contributed by atoms with Crippen molar-refractivity contribution in [2.45, 2.75) is 32.9 Å². The molecule has 1 aromatic heterocycles. The number of halogens is 1. The predicted molar refractivity (Wildman–Crippen MR) is 107 cm³/mol. The number of anilines is 1. The van der Waals surface area contributed by atoms with Gasteiger partial charge < -0.3 is 10.1 Å². The molecule has 0 fully saturated rings. The van der Waals surface area contributed by atoms with Crippen LogP contribution in [-0.2, 0) is 11.3 Å². The molecular weight excluding hydrogens is 372 g/mol. The van der Waals surface area contributed by atoms with Crippen molar-refractivity contribution in [1.29, 1.82) is 0 Å². The van der Waals surface area contributed by atoms with Gasteiger partial charge >= 0.3 is 4.87 Å². The van der Waals surface area contributed by atoms with Gasteiger partial charge in [0.15, 0.2) is 6.10 Å². The van der Waals surface area contributed by atoms with Crippen molar-refractivity contribution >= 4 is 44.7 Å². The Bertz CT molecular complexity index is 996. The van der Waals surface area contributed by atoms with E-state index in [0.717, 1.165) is 10.2 Å². The Morgan fingerprint density at radius 1 is 1.27 bits per heavy atom. The summed E-state index contributed by atoms with van der Waals surface area (Å²) in [6.07, 6.45) is -0.164. The van der Waals surface area contributed by atoms with Gasteiger partial charge in [-0.25, -0.2) is 0 Å². The molecule has 2 aromatic carbocycles. The fourth-order valence-corrected chi connectivity index (χ4v) is 3.86. The standard InChI is InChI=1S/C19H19ClN2O3S/c1-3-15(25-16-8-6-5-7-13(16)20)18(23)21-12-9-10-14-17(11-12)26-19(24)22(14)4-2/h5-11,15H,3-4H2,1-2H3,(H,21,23)/t15-/m0/s1. The smallest absolute Gasteiger partial charge is 0.308 e. The summed E-state index contributed by atoms with van der Waals surface area (Å²) in [7, 11) is 0. The van der Waals surface area contributed by atoms with Gasteiger partial charge in [0.2, 0.25) is 0 Å². The van der Waals surface area contributed by atoms with Gasteiger partial charge in [-0.15, -0.1) is 0 Å². The maximum atomic E-state index is 12.6. The SMILES string of the molecule is CC[C@H](Oc1ccccc1Cl)C(=O)Nc1ccc2c(c1)sc(=O)n2CC. The number of carbonyl (C=O) groups is 1. The topological polar surface area (TPSA) is 60.3 Å². The molecule has 0 aliphatic heterocycles. The minimum atomic E-state index is -0.662. The highest BCUT2D eigenvalue weighted by molar-refractivity contribution is 7.16. The van der Waals surface area contributed by atoms with Crippen molar-refractivity contribution in [3.63, 3.8) is 0 Å². The summed E-state index contributed by atoms with van der Waals surface area (Å²) in [5.41, 5.74) is 1.51. The van der Waals surface area contributed by atoms with E-state index in [1.807, 2.05) is 26.0 Å². The Kier molecular flexibility index (Phi) is 5.64. The monoisotopic (exact) mass is 390 g/mol. The number of aromatic nitrogens is 1. The van der Waals surface area contributed by atoms with E-state index in [0.29, 0.717) is 29.4 Å². The number of ether oxygens (including phenoxy) is 1. The van der Waals surface area contributed by atoms with E-state index < -0.39 is 6.10 Å². The van der Waals surface area contributed by atoms with Gasteiger partial charge in [-0.2, -0.15) is 0 Å². The fourth-order valence-electron chi connectivity index (χ4n) is 2.68. The maximum absolute atomic E-state index is 12.6. The lowest BCUT2D eigenvalue weighted by Crippen LogP contribution is -2.32. The molecule has 136 valence electrons. The molecule has 1 N–H and O–H groups in total. The fraction of sp³-hybridized carbons (Fsp3) is 0.263. The normalized spacial score (nSPS) is 12.1. The second-order valence-electron chi connectivity index (χ2n) is 5.73. The molecule has 26 heavy (non-hydrogen) atoms. The minimum absolute atomic E-state index is 0.000496. The first kappa shape index (κ1) is 18.5. The molecular formula is C19H19ClN2O3S. The summed E-state index contributed by atoms with van der Waals surface area (Å²) < 4.78 is 8.31. The van der Waals surface area contributed by atoms with Crippen LogP contribution < -0.4 is 14.9 Å². The van der Waals surface area contributed by atoms with Crippen LogP contribution in [0.5, 0.6) is 5.75 Å². The van der Waals surface area contributed by atoms with Gasteiger partial charge in [0.1, 0.15) is 5.75 Å². The van der Waals surface area contributed by atoms with Crippen molar-refractivity contribution in [2.24, 2.45) is 0 Å². The number of amides is 1. The van der Waals surface area contributed by atoms with Gasteiger partial charge in [0, 0.05) is 12.2 Å². The first-order valence-electron chi connectivity index (χ1n) is 8.39. The van der Waals surface area contributed by atoms with Crippen LogP contribution in [-0.4, -0.2) is 16.6 Å². The molecule has 1 amide bonds. The first-order chi connectivity index (χ1) is 12.5. The Morgan fingerprint density at radius 3 is 2.73 bits per heavy atom. The summed E-state index contributed by atoms with van der Waals surface area (Å²) in [4.78, 5) is 24.5. The maximum Gasteiger partial charge on any atom is 0.308 e. The number of rotatable bonds is 6. The molecule has 0 bridgehead atoms. The second-order valence-corrected chi connectivity index (χ2v) is 7.13. The summed E-state index contributed by atoms with van der Waals surface area (Å²) in [6.45, 7) is 4.42. The molecule has 5 nitrogen and oxygen atoms in total. The van der Waals surface area contributed by atoms with E-state index in [4.69, 9.17) is 16.3 Å². The number of hydrogen-bond donors (Lipinski definition) is 1. The van der Waals surface area contributed by atoms with E-state index >= 15 is 0 Å². The number of para-hydroxylation sites is 1. The van der Waals surface area contributed by atoms with Crippen LogP contribution in [0.1, 0.15) is 20.3 Å². The molecule has 0 saturated carbocycles. The van der Waals surface area contributed by atoms with Gasteiger partial charge in [-0.1, -0.05) is 42.0 Å². The number of carbonyl (C=O) groups excluding carboxylic acids is 1. The van der Waals surface area contributed by atoms with E-state index in [1.54, 1.807) is 34.9 Å². The highest BCUT2D eigenvalue weighted by Gasteiger charge is 2.20. The van der Waals surface area contributed by atoms with Crippen molar-refractivity contribution in [3.8, 4) is 5.75 Å². The molecule has 0 spiro atoms. The largest absolute Gasteiger partial charge is 0.479 e. The van der Waals surface area contributed by atoms with Gasteiger partial charge in [0.05, 0.1) is 15.2 Å². The Balaban J connectivity index is 1.78. The van der Waals surface area contributed by atoms with Crippen LogP contribution in [0.3, 0.4) is 0 Å². The van der Waals surface area contributed by atoms with Gasteiger partial charge in [-0.3, -0.25) is 14.2 Å². The molecule has 0 unspecified atom stereocenters.